The van der Waals surface area contributed by atoms with Crippen molar-refractivity contribution in [1.82, 2.24) is 4.98 Å². The first-order valence-electron chi connectivity index (χ1n) is 11.8. The number of aromatic nitrogens is 1. The van der Waals surface area contributed by atoms with Gasteiger partial charge in [0.05, 0.1) is 24.2 Å². The van der Waals surface area contributed by atoms with E-state index in [1.807, 2.05) is 30.3 Å². The Labute approximate surface area is 209 Å². The van der Waals surface area contributed by atoms with E-state index in [9.17, 15) is 18.3 Å². The number of halogens is 4. The Balaban J connectivity index is 0.00000274. The largest absolute Gasteiger partial charge is 1.00 e. The third-order valence-corrected chi connectivity index (χ3v) is 8.10. The molecule has 3 aliphatic rings. The van der Waals surface area contributed by atoms with Crippen molar-refractivity contribution in [2.24, 2.45) is 11.8 Å². The van der Waals surface area contributed by atoms with E-state index < -0.39 is 17.8 Å². The average molecular weight is 535 g/mol. The quantitative estimate of drug-likeness (QED) is 0.510. The van der Waals surface area contributed by atoms with Crippen LogP contribution in [-0.4, -0.2) is 33.7 Å². The summed E-state index contributed by atoms with van der Waals surface area (Å²) in [7, 11) is 0. The first-order valence-corrected chi connectivity index (χ1v) is 11.8. The van der Waals surface area contributed by atoms with Crippen LogP contribution in [0.2, 0.25) is 0 Å². The van der Waals surface area contributed by atoms with Crippen LogP contribution in [0.25, 0.3) is 10.9 Å². The summed E-state index contributed by atoms with van der Waals surface area (Å²) in [5, 5.41) is 12.7. The Morgan fingerprint density at radius 3 is 2.68 bits per heavy atom. The molecule has 0 radical (unpaired) electrons. The summed E-state index contributed by atoms with van der Waals surface area (Å²) in [6.45, 7) is 4.51. The number of aliphatic hydroxyl groups excluding tert-OH is 1. The van der Waals surface area contributed by atoms with Crippen LogP contribution < -0.4 is 17.0 Å². The van der Waals surface area contributed by atoms with Gasteiger partial charge in [-0.3, -0.25) is 4.98 Å². The normalized spacial score (nSPS) is 27.4. The number of piperidine rings is 3. The molecule has 0 spiro atoms. The first kappa shape index (κ1) is 25.1. The maximum Gasteiger partial charge on any atom is 0.416 e. The van der Waals surface area contributed by atoms with Crippen molar-refractivity contribution in [3.63, 3.8) is 0 Å². The molecule has 6 rings (SSSR count). The minimum absolute atomic E-state index is 0. The van der Waals surface area contributed by atoms with Gasteiger partial charge in [0.15, 0.2) is 0 Å². The fourth-order valence-electron chi connectivity index (χ4n) is 6.46. The number of quaternary nitrogens is 1. The number of hydrogen-bond acceptors (Lipinski definition) is 2. The summed E-state index contributed by atoms with van der Waals surface area (Å²) in [5.41, 5.74) is 1.81. The van der Waals surface area contributed by atoms with Gasteiger partial charge in [0, 0.05) is 35.9 Å². The second kappa shape index (κ2) is 9.59. The summed E-state index contributed by atoms with van der Waals surface area (Å²) >= 11 is 0. The smallest absolute Gasteiger partial charge is 0.416 e. The zero-order chi connectivity index (χ0) is 23.2. The van der Waals surface area contributed by atoms with Gasteiger partial charge in [-0.25, -0.2) is 0 Å². The number of hydrogen-bond donors (Lipinski definition) is 1. The molecule has 2 aromatic carbocycles. The van der Waals surface area contributed by atoms with Crippen molar-refractivity contribution >= 4 is 10.9 Å². The van der Waals surface area contributed by atoms with Crippen LogP contribution in [0.1, 0.15) is 49.0 Å². The van der Waals surface area contributed by atoms with Crippen LogP contribution in [0.4, 0.5) is 13.2 Å². The zero-order valence-corrected chi connectivity index (χ0v) is 20.8. The van der Waals surface area contributed by atoms with E-state index in [0.717, 1.165) is 54.9 Å². The minimum atomic E-state index is -4.36. The van der Waals surface area contributed by atoms with Gasteiger partial charge >= 0.3 is 6.18 Å². The molecule has 0 aliphatic carbocycles. The summed E-state index contributed by atoms with van der Waals surface area (Å²) in [4.78, 5) is 4.44. The number of alkyl halides is 3. The highest BCUT2D eigenvalue weighted by Gasteiger charge is 2.54. The highest BCUT2D eigenvalue weighted by Crippen LogP contribution is 2.48. The number of para-hydroxylation sites is 1. The van der Waals surface area contributed by atoms with E-state index in [1.54, 1.807) is 12.3 Å². The molecular formula is C27H30BrF3N2O. The molecule has 3 nitrogen and oxygen atoms in total. The highest BCUT2D eigenvalue weighted by molar-refractivity contribution is 5.82. The molecule has 1 aromatic heterocycles. The first-order chi connectivity index (χ1) is 15.8. The zero-order valence-electron chi connectivity index (χ0n) is 19.2. The number of pyridine rings is 1. The standard InChI is InChI=1S/C27H30F3N2O.BrH/c1-2-19-17-32(16-18-6-5-7-21(14-18)27(28,29)30)13-11-20(19)15-25(32)26(33)23-10-12-31-24-9-4-3-8-22(23)24;/h3-10,12,14,19-20,25-26,33H,2,11,13,15-17H2,1H3;1H/q+1;/p-1/t19-,20-,25+,26-,32?;/m0./s1. The van der Waals surface area contributed by atoms with Crippen molar-refractivity contribution in [2.45, 2.75) is 51.1 Å². The molecule has 182 valence electrons. The summed E-state index contributed by atoms with van der Waals surface area (Å²) in [6, 6.07) is 15.4. The summed E-state index contributed by atoms with van der Waals surface area (Å²) in [6.07, 6.45) is -0.277. The van der Waals surface area contributed by atoms with E-state index in [2.05, 4.69) is 11.9 Å². The topological polar surface area (TPSA) is 33.1 Å². The van der Waals surface area contributed by atoms with Crippen LogP contribution in [0.15, 0.2) is 60.8 Å². The van der Waals surface area contributed by atoms with Crippen LogP contribution in [0.3, 0.4) is 0 Å². The Hall–Kier alpha value is -1.96. The lowest BCUT2D eigenvalue weighted by Crippen LogP contribution is -3.00. The van der Waals surface area contributed by atoms with Gasteiger partial charge in [0.25, 0.3) is 0 Å². The molecule has 34 heavy (non-hydrogen) atoms. The van der Waals surface area contributed by atoms with Crippen molar-refractivity contribution in [1.29, 1.82) is 0 Å². The van der Waals surface area contributed by atoms with Crippen LogP contribution in [-0.2, 0) is 12.7 Å². The van der Waals surface area contributed by atoms with Crippen molar-refractivity contribution in [3.8, 4) is 0 Å². The van der Waals surface area contributed by atoms with Gasteiger partial charge in [0.1, 0.15) is 18.7 Å². The Bertz CT molecular complexity index is 1150. The number of rotatable bonds is 5. The Kier molecular flexibility index (Phi) is 7.09. The molecule has 3 aliphatic heterocycles. The van der Waals surface area contributed by atoms with E-state index in [-0.39, 0.29) is 23.0 Å². The summed E-state index contributed by atoms with van der Waals surface area (Å²) < 4.78 is 40.8. The van der Waals surface area contributed by atoms with E-state index in [1.165, 1.54) is 12.1 Å². The van der Waals surface area contributed by atoms with Gasteiger partial charge in [-0.15, -0.1) is 0 Å². The van der Waals surface area contributed by atoms with E-state index >= 15 is 0 Å². The Morgan fingerprint density at radius 2 is 1.91 bits per heavy atom. The molecule has 2 bridgehead atoms. The highest BCUT2D eigenvalue weighted by atomic mass is 79.9. The van der Waals surface area contributed by atoms with Crippen molar-refractivity contribution in [2.75, 3.05) is 13.1 Å². The van der Waals surface area contributed by atoms with Gasteiger partial charge in [-0.2, -0.15) is 13.2 Å². The van der Waals surface area contributed by atoms with Gasteiger partial charge in [-0.05, 0) is 42.2 Å². The molecule has 1 N–H and O–H groups in total. The van der Waals surface area contributed by atoms with E-state index in [4.69, 9.17) is 0 Å². The maximum atomic E-state index is 13.4. The summed E-state index contributed by atoms with van der Waals surface area (Å²) in [5.74, 6) is 1.10. The average Bonchev–Trinajstić information content (AvgIpc) is 2.82. The van der Waals surface area contributed by atoms with Gasteiger partial charge < -0.3 is 26.6 Å². The monoisotopic (exact) mass is 534 g/mol. The van der Waals surface area contributed by atoms with Crippen LogP contribution in [0, 0.1) is 11.8 Å². The number of aliphatic hydroxyl groups is 1. The molecule has 1 unspecified atom stereocenters. The number of nitrogens with zero attached hydrogens (tertiary/aromatic N) is 2. The number of benzene rings is 2. The minimum Gasteiger partial charge on any atom is -1.00 e. The molecular weight excluding hydrogens is 505 g/mol. The van der Waals surface area contributed by atoms with Gasteiger partial charge in [0.2, 0.25) is 0 Å². The molecule has 3 saturated heterocycles. The van der Waals surface area contributed by atoms with Crippen molar-refractivity contribution < 1.29 is 39.7 Å². The fourth-order valence-corrected chi connectivity index (χ4v) is 6.46. The molecule has 5 atom stereocenters. The molecule has 0 saturated carbocycles. The fraction of sp³-hybridized carbons (Fsp3) is 0.444. The predicted molar refractivity (Wildman–Crippen MR) is 122 cm³/mol. The molecule has 3 aromatic rings. The molecule has 7 heteroatoms. The molecule has 3 fully saturated rings. The molecule has 0 amide bonds. The molecule has 4 heterocycles. The lowest BCUT2D eigenvalue weighted by molar-refractivity contribution is -0.985. The lowest BCUT2D eigenvalue weighted by atomic mass is 9.70. The third-order valence-electron chi connectivity index (χ3n) is 8.10. The SMILES string of the molecule is CC[C@H]1C[N+]2(Cc3cccc(C(F)(F)F)c3)CC[C@H]1C[C@@H]2[C@@H](O)c1ccnc2ccccc12.[Br-]. The lowest BCUT2D eigenvalue weighted by Gasteiger charge is -2.58. The van der Waals surface area contributed by atoms with Gasteiger partial charge in [-0.1, -0.05) is 37.3 Å². The van der Waals surface area contributed by atoms with Crippen molar-refractivity contribution in [3.05, 3.63) is 77.5 Å². The second-order valence-corrected chi connectivity index (χ2v) is 9.86. The van der Waals surface area contributed by atoms with Crippen LogP contribution >= 0.6 is 0 Å². The third kappa shape index (κ3) is 4.50. The number of fused-ring (bicyclic) bond motifs is 4. The maximum absolute atomic E-state index is 13.4. The van der Waals surface area contributed by atoms with E-state index in [0.29, 0.717) is 28.4 Å². The van der Waals surface area contributed by atoms with Crippen LogP contribution in [0.5, 0.6) is 0 Å². The predicted octanol–water partition coefficient (Wildman–Crippen LogP) is 3.13. The Morgan fingerprint density at radius 1 is 1.12 bits per heavy atom. The second-order valence-electron chi connectivity index (χ2n) is 9.86.